The van der Waals surface area contributed by atoms with Crippen molar-refractivity contribution < 1.29 is 18.3 Å². The molecule has 0 saturated carbocycles. The number of ether oxygens (including phenoxy) is 1. The number of amides is 1. The second-order valence-electron chi connectivity index (χ2n) is 5.11. The van der Waals surface area contributed by atoms with E-state index in [0.29, 0.717) is 22.3 Å². The van der Waals surface area contributed by atoms with Gasteiger partial charge in [-0.25, -0.2) is 9.18 Å². The fraction of sp³-hybridized carbons (Fsp3) is 0.111. The van der Waals surface area contributed by atoms with E-state index in [1.54, 1.807) is 24.3 Å². The molecule has 0 radical (unpaired) electrons. The lowest BCUT2D eigenvalue weighted by atomic mass is 10.1. The number of benzene rings is 2. The molecule has 0 saturated heterocycles. The molecule has 5 nitrogen and oxygen atoms in total. The van der Waals surface area contributed by atoms with Gasteiger partial charge in [-0.2, -0.15) is 0 Å². The standard InChI is InChI=1S/C18H14FNO4/c1-23-15-5-3-2-4-14(15)18(22)20-10-11-8-17(21)24-16-9-12(19)6-7-13(11)16/h2-9H,10H2,1H3,(H,20,22). The number of methoxy groups -OCH3 is 1. The summed E-state index contributed by atoms with van der Waals surface area (Å²) in [6, 6.07) is 12.0. The number of nitrogens with one attached hydrogen (secondary N) is 1. The summed E-state index contributed by atoms with van der Waals surface area (Å²) in [6.45, 7) is 0.102. The van der Waals surface area contributed by atoms with Crippen LogP contribution in [0.15, 0.2) is 57.7 Å². The van der Waals surface area contributed by atoms with E-state index < -0.39 is 11.4 Å². The summed E-state index contributed by atoms with van der Waals surface area (Å²) in [4.78, 5) is 23.9. The monoisotopic (exact) mass is 327 g/mol. The minimum absolute atomic E-state index is 0.102. The molecular weight excluding hydrogens is 313 g/mol. The van der Waals surface area contributed by atoms with Crippen LogP contribution in [0.1, 0.15) is 15.9 Å². The SMILES string of the molecule is COc1ccccc1C(=O)NCc1cc(=O)oc2cc(F)ccc12. The summed E-state index contributed by atoms with van der Waals surface area (Å²) in [5, 5.41) is 3.30. The molecule has 3 aromatic rings. The van der Waals surface area contributed by atoms with Crippen molar-refractivity contribution in [3.05, 3.63) is 75.9 Å². The van der Waals surface area contributed by atoms with Crippen LogP contribution in [0, 0.1) is 5.82 Å². The van der Waals surface area contributed by atoms with Crippen molar-refractivity contribution in [1.29, 1.82) is 0 Å². The van der Waals surface area contributed by atoms with Crippen LogP contribution in [-0.4, -0.2) is 13.0 Å². The number of hydrogen-bond donors (Lipinski definition) is 1. The Balaban J connectivity index is 1.88. The van der Waals surface area contributed by atoms with Crippen molar-refractivity contribution in [2.75, 3.05) is 7.11 Å². The maximum Gasteiger partial charge on any atom is 0.336 e. The van der Waals surface area contributed by atoms with E-state index in [2.05, 4.69) is 5.32 Å². The van der Waals surface area contributed by atoms with Gasteiger partial charge in [0.25, 0.3) is 5.91 Å². The zero-order chi connectivity index (χ0) is 17.1. The van der Waals surface area contributed by atoms with E-state index >= 15 is 0 Å². The molecule has 0 spiro atoms. The Morgan fingerprint density at radius 3 is 2.79 bits per heavy atom. The smallest absolute Gasteiger partial charge is 0.336 e. The van der Waals surface area contributed by atoms with Crippen LogP contribution < -0.4 is 15.7 Å². The van der Waals surface area contributed by atoms with Gasteiger partial charge in [-0.3, -0.25) is 4.79 Å². The molecule has 24 heavy (non-hydrogen) atoms. The fourth-order valence-electron chi connectivity index (χ4n) is 2.45. The predicted molar refractivity (Wildman–Crippen MR) is 86.6 cm³/mol. The highest BCUT2D eigenvalue weighted by Crippen LogP contribution is 2.19. The van der Waals surface area contributed by atoms with Crippen LogP contribution in [0.4, 0.5) is 4.39 Å². The lowest BCUT2D eigenvalue weighted by Crippen LogP contribution is -2.24. The normalized spacial score (nSPS) is 10.6. The minimum Gasteiger partial charge on any atom is -0.496 e. The Labute approximate surface area is 136 Å². The van der Waals surface area contributed by atoms with Crippen molar-refractivity contribution in [2.24, 2.45) is 0 Å². The van der Waals surface area contributed by atoms with Crippen molar-refractivity contribution in [3.8, 4) is 5.75 Å². The summed E-state index contributed by atoms with van der Waals surface area (Å²) in [6.07, 6.45) is 0. The molecule has 1 aromatic heterocycles. The molecule has 1 amide bonds. The average Bonchev–Trinajstić information content (AvgIpc) is 2.58. The van der Waals surface area contributed by atoms with Gasteiger partial charge in [0.15, 0.2) is 0 Å². The molecule has 0 aliphatic heterocycles. The van der Waals surface area contributed by atoms with Gasteiger partial charge in [-0.1, -0.05) is 12.1 Å². The number of rotatable bonds is 4. The minimum atomic E-state index is -0.602. The number of fused-ring (bicyclic) bond motifs is 1. The third kappa shape index (κ3) is 3.12. The average molecular weight is 327 g/mol. The van der Waals surface area contributed by atoms with Crippen LogP contribution in [-0.2, 0) is 6.54 Å². The summed E-state index contributed by atoms with van der Waals surface area (Å²) in [5.41, 5.74) is 0.474. The number of para-hydroxylation sites is 1. The van der Waals surface area contributed by atoms with Gasteiger partial charge in [0, 0.05) is 24.1 Å². The van der Waals surface area contributed by atoms with Gasteiger partial charge in [0.2, 0.25) is 0 Å². The van der Waals surface area contributed by atoms with Crippen LogP contribution in [0.2, 0.25) is 0 Å². The lowest BCUT2D eigenvalue weighted by Gasteiger charge is -2.10. The van der Waals surface area contributed by atoms with Crippen molar-refractivity contribution in [3.63, 3.8) is 0 Å². The Hall–Kier alpha value is -3.15. The number of hydrogen-bond acceptors (Lipinski definition) is 4. The van der Waals surface area contributed by atoms with Gasteiger partial charge in [0.05, 0.1) is 12.7 Å². The highest BCUT2D eigenvalue weighted by molar-refractivity contribution is 5.97. The first-order valence-electron chi connectivity index (χ1n) is 7.22. The third-order valence-corrected chi connectivity index (χ3v) is 3.58. The summed E-state index contributed by atoms with van der Waals surface area (Å²) in [7, 11) is 1.48. The zero-order valence-corrected chi connectivity index (χ0v) is 12.8. The second kappa shape index (κ2) is 6.54. The van der Waals surface area contributed by atoms with Gasteiger partial charge in [-0.15, -0.1) is 0 Å². The Morgan fingerprint density at radius 2 is 2.00 bits per heavy atom. The zero-order valence-electron chi connectivity index (χ0n) is 12.8. The van der Waals surface area contributed by atoms with Crippen LogP contribution in [0.25, 0.3) is 11.0 Å². The number of carbonyl (C=O) groups is 1. The predicted octanol–water partition coefficient (Wildman–Crippen LogP) is 2.87. The molecule has 2 aromatic carbocycles. The third-order valence-electron chi connectivity index (χ3n) is 3.58. The van der Waals surface area contributed by atoms with Gasteiger partial charge in [0.1, 0.15) is 17.1 Å². The molecule has 1 N–H and O–H groups in total. The highest BCUT2D eigenvalue weighted by Gasteiger charge is 2.13. The fourth-order valence-corrected chi connectivity index (χ4v) is 2.45. The van der Waals surface area contributed by atoms with Gasteiger partial charge >= 0.3 is 5.63 Å². The Bertz CT molecular complexity index is 965. The van der Waals surface area contributed by atoms with E-state index in [9.17, 15) is 14.0 Å². The molecule has 1 heterocycles. The van der Waals surface area contributed by atoms with Crippen LogP contribution in [0.5, 0.6) is 5.75 Å². The molecule has 6 heteroatoms. The van der Waals surface area contributed by atoms with E-state index in [4.69, 9.17) is 9.15 Å². The molecule has 3 rings (SSSR count). The second-order valence-corrected chi connectivity index (χ2v) is 5.11. The van der Waals surface area contributed by atoms with Crippen LogP contribution >= 0.6 is 0 Å². The van der Waals surface area contributed by atoms with Crippen molar-refractivity contribution in [2.45, 2.75) is 6.54 Å². The maximum atomic E-state index is 13.3. The topological polar surface area (TPSA) is 68.5 Å². The molecular formula is C18H14FNO4. The molecule has 122 valence electrons. The summed E-state index contributed by atoms with van der Waals surface area (Å²) < 4.78 is 23.4. The number of carbonyl (C=O) groups excluding carboxylic acids is 1. The van der Waals surface area contributed by atoms with E-state index in [-0.39, 0.29) is 18.0 Å². The molecule has 0 bridgehead atoms. The maximum absolute atomic E-state index is 13.3. The Kier molecular flexibility index (Phi) is 4.29. The van der Waals surface area contributed by atoms with E-state index in [1.165, 1.54) is 25.3 Å². The quantitative estimate of drug-likeness (QED) is 0.748. The Morgan fingerprint density at radius 1 is 1.21 bits per heavy atom. The van der Waals surface area contributed by atoms with E-state index in [1.807, 2.05) is 0 Å². The molecule has 0 fully saturated rings. The molecule has 0 unspecified atom stereocenters. The molecule has 0 aliphatic carbocycles. The largest absolute Gasteiger partial charge is 0.496 e. The first kappa shape index (κ1) is 15.7. The highest BCUT2D eigenvalue weighted by atomic mass is 19.1. The summed E-state index contributed by atoms with van der Waals surface area (Å²) in [5.74, 6) is -0.383. The van der Waals surface area contributed by atoms with Crippen molar-refractivity contribution >= 4 is 16.9 Å². The molecule has 0 aliphatic rings. The lowest BCUT2D eigenvalue weighted by molar-refractivity contribution is 0.0948. The first-order valence-corrected chi connectivity index (χ1v) is 7.22. The molecule has 0 atom stereocenters. The van der Waals surface area contributed by atoms with E-state index in [0.717, 1.165) is 6.07 Å². The van der Waals surface area contributed by atoms with Crippen LogP contribution in [0.3, 0.4) is 0 Å². The summed E-state index contributed by atoms with van der Waals surface area (Å²) >= 11 is 0. The van der Waals surface area contributed by atoms with Crippen molar-refractivity contribution in [1.82, 2.24) is 5.32 Å². The first-order chi connectivity index (χ1) is 11.6. The van der Waals surface area contributed by atoms with Gasteiger partial charge in [-0.05, 0) is 29.8 Å². The number of halogens is 1. The van der Waals surface area contributed by atoms with Gasteiger partial charge < -0.3 is 14.5 Å².